The number of ether oxygens (including phenoxy) is 1. The van der Waals surface area contributed by atoms with Crippen LogP contribution in [0.3, 0.4) is 0 Å². The van der Waals surface area contributed by atoms with Crippen molar-refractivity contribution in [2.75, 3.05) is 5.32 Å². The lowest BCUT2D eigenvalue weighted by molar-refractivity contribution is -0.144. The molecule has 1 spiro atoms. The summed E-state index contributed by atoms with van der Waals surface area (Å²) in [5.74, 6) is 0.215. The summed E-state index contributed by atoms with van der Waals surface area (Å²) < 4.78 is 20.3. The van der Waals surface area contributed by atoms with Crippen molar-refractivity contribution in [3.63, 3.8) is 0 Å². The minimum absolute atomic E-state index is 0.0971. The zero-order valence-corrected chi connectivity index (χ0v) is 32.5. The molecule has 5 aliphatic rings. The summed E-state index contributed by atoms with van der Waals surface area (Å²) >= 11 is 13.8. The smallest absolute Gasteiger partial charge is 0.250 e. The maximum absolute atomic E-state index is 14.4. The first-order valence-electron chi connectivity index (χ1n) is 19.4. The summed E-state index contributed by atoms with van der Waals surface area (Å²) in [6.07, 6.45) is 3.44. The summed E-state index contributed by atoms with van der Waals surface area (Å²) in [5.41, 5.74) is 3.90. The molecule has 0 saturated heterocycles. The van der Waals surface area contributed by atoms with Crippen LogP contribution in [0.5, 0.6) is 5.75 Å². The zero-order valence-electron chi connectivity index (χ0n) is 31.0. The number of Topliss-reactive ketones (excluding diaryl/α,β-unsaturated/α-hetero) is 1. The number of ketones is 1. The second-order valence-corrected chi connectivity index (χ2v) is 17.0. The van der Waals surface area contributed by atoms with Crippen LogP contribution < -0.4 is 15.4 Å². The van der Waals surface area contributed by atoms with Crippen molar-refractivity contribution in [1.82, 2.24) is 15.3 Å². The summed E-state index contributed by atoms with van der Waals surface area (Å²) in [7, 11) is 0. The van der Waals surface area contributed by atoms with E-state index in [4.69, 9.17) is 46.7 Å². The van der Waals surface area contributed by atoms with E-state index >= 15 is 0 Å². The van der Waals surface area contributed by atoms with E-state index in [1.54, 1.807) is 0 Å². The minimum Gasteiger partial charge on any atom is -0.469 e. The number of halogens is 2. The van der Waals surface area contributed by atoms with E-state index in [-0.39, 0.29) is 47.4 Å². The Bertz CT molecular complexity index is 2480. The highest BCUT2D eigenvalue weighted by atomic mass is 35.5. The fraction of sp³-hybridized carbons (Fsp3) is 0.364. The highest BCUT2D eigenvalue weighted by Crippen LogP contribution is 2.59. The highest BCUT2D eigenvalue weighted by Gasteiger charge is 2.61. The van der Waals surface area contributed by atoms with Gasteiger partial charge in [0.1, 0.15) is 22.8 Å². The fourth-order valence-electron chi connectivity index (χ4n) is 9.51. The molecule has 4 bridgehead atoms. The number of aromatic nitrogens is 2. The van der Waals surface area contributed by atoms with Crippen molar-refractivity contribution in [2.45, 2.75) is 88.5 Å². The lowest BCUT2D eigenvalue weighted by Crippen LogP contribution is -2.44. The zero-order chi connectivity index (χ0) is 38.5. The molecule has 2 aliphatic carbocycles. The second kappa shape index (κ2) is 13.1. The molecule has 1 amide bonds. The summed E-state index contributed by atoms with van der Waals surface area (Å²) in [4.78, 5) is 38.2. The summed E-state index contributed by atoms with van der Waals surface area (Å²) in [6.45, 7) is 3.95. The monoisotopic (exact) mass is 790 g/mol. The summed E-state index contributed by atoms with van der Waals surface area (Å²) in [6, 6.07) is 21.1. The number of hydrogen-bond donors (Lipinski definition) is 3. The van der Waals surface area contributed by atoms with Gasteiger partial charge in [0.25, 0.3) is 5.89 Å². The molecule has 10 nitrogen and oxygen atoms in total. The Morgan fingerprint density at radius 2 is 1.75 bits per heavy atom. The number of rotatable bonds is 6. The molecule has 5 heterocycles. The van der Waals surface area contributed by atoms with E-state index in [1.807, 2.05) is 80.6 Å². The van der Waals surface area contributed by atoms with Crippen LogP contribution >= 0.6 is 23.2 Å². The molecule has 3 N–H and O–H groups in total. The van der Waals surface area contributed by atoms with Gasteiger partial charge in [-0.25, -0.2) is 4.98 Å². The molecule has 0 radical (unpaired) electrons. The van der Waals surface area contributed by atoms with Gasteiger partial charge in [-0.3, -0.25) is 9.59 Å². The largest absolute Gasteiger partial charge is 0.469 e. The Balaban J connectivity index is 1.17. The maximum Gasteiger partial charge on any atom is 0.250 e. The Hall–Kier alpha value is -4.90. The van der Waals surface area contributed by atoms with E-state index in [0.29, 0.717) is 52.8 Å². The van der Waals surface area contributed by atoms with Crippen LogP contribution in [0.25, 0.3) is 17.2 Å². The second-order valence-electron chi connectivity index (χ2n) is 16.2. The van der Waals surface area contributed by atoms with Crippen LogP contribution in [-0.2, 0) is 27.8 Å². The SMILES string of the molecule is CC(C)[C@@H]1NC(=O)C(CC(=O)C2(O)CCCCC2)Cc2ccc3c(c2)C2(c4ccccc4N[C@H]2O3)c2oc1nc2-c1nc(Cl)c(C2=C(Cl)Cc3ccccc32)o1. The van der Waals surface area contributed by atoms with Gasteiger partial charge in [-0.2, -0.15) is 4.98 Å². The number of benzene rings is 3. The van der Waals surface area contributed by atoms with Gasteiger partial charge >= 0.3 is 0 Å². The van der Waals surface area contributed by atoms with Gasteiger partial charge in [0.2, 0.25) is 11.8 Å². The van der Waals surface area contributed by atoms with Crippen LogP contribution in [0.1, 0.15) is 104 Å². The molecule has 2 aromatic heterocycles. The quantitative estimate of drug-likeness (QED) is 0.154. The number of aliphatic hydroxyl groups is 1. The number of carbonyl (C=O) groups is 2. The number of anilines is 1. The Labute approximate surface area is 333 Å². The number of para-hydroxylation sites is 1. The van der Waals surface area contributed by atoms with Crippen molar-refractivity contribution in [3.8, 4) is 17.3 Å². The third kappa shape index (κ3) is 5.32. The number of amides is 1. The molecule has 56 heavy (non-hydrogen) atoms. The van der Waals surface area contributed by atoms with Crippen LogP contribution in [0.15, 0.2) is 80.6 Å². The van der Waals surface area contributed by atoms with Crippen molar-refractivity contribution >= 4 is 46.2 Å². The van der Waals surface area contributed by atoms with E-state index < -0.39 is 29.2 Å². The molecule has 1 saturated carbocycles. The fourth-order valence-corrected chi connectivity index (χ4v) is 10.1. The Kier molecular flexibility index (Phi) is 8.29. The van der Waals surface area contributed by atoms with Gasteiger partial charge < -0.3 is 29.3 Å². The van der Waals surface area contributed by atoms with E-state index in [2.05, 4.69) is 10.6 Å². The lowest BCUT2D eigenvalue weighted by Gasteiger charge is -2.32. The van der Waals surface area contributed by atoms with Crippen LogP contribution in [0.2, 0.25) is 5.15 Å². The van der Waals surface area contributed by atoms with Gasteiger partial charge in [0, 0.05) is 40.6 Å². The van der Waals surface area contributed by atoms with Crippen molar-refractivity contribution in [1.29, 1.82) is 0 Å². The van der Waals surface area contributed by atoms with E-state index in [0.717, 1.165) is 52.8 Å². The third-order valence-electron chi connectivity index (χ3n) is 12.4. The molecule has 3 aromatic carbocycles. The number of nitrogens with one attached hydrogen (secondary N) is 2. The molecular weight excluding hydrogens is 751 g/mol. The number of carbonyl (C=O) groups excluding carboxylic acids is 2. The molecule has 4 atom stereocenters. The maximum atomic E-state index is 14.4. The molecule has 10 rings (SSSR count). The third-order valence-corrected chi connectivity index (χ3v) is 13.0. The van der Waals surface area contributed by atoms with Gasteiger partial charge in [-0.05, 0) is 59.6 Å². The molecule has 3 aliphatic heterocycles. The number of oxazole rings is 2. The first-order valence-corrected chi connectivity index (χ1v) is 20.2. The number of allylic oxidation sites excluding steroid dienone is 1. The minimum atomic E-state index is -1.43. The molecule has 2 unspecified atom stereocenters. The van der Waals surface area contributed by atoms with Gasteiger partial charge in [-0.15, -0.1) is 0 Å². The standard InChI is InChI=1S/C44H40Cl2N4O6/c1-22(2)34-40-49-35(41-50-38(46)36(55-41)33-26-11-5-4-10-24(26)20-29(33)45)37(56-40)44-27-12-6-7-13-30(27)47-42(44)54-31-15-14-23(19-28(31)44)18-25(39(52)48-34)21-32(51)43(53)16-8-3-9-17-43/h4-7,10-15,19,22,25,34,42,47,53H,3,8-9,16-18,20-21H2,1-2H3,(H,48,52)/t25?,34-,42-,44?/m0/s1. The topological polar surface area (TPSA) is 140 Å². The van der Waals surface area contributed by atoms with Crippen LogP contribution in [0, 0.1) is 11.8 Å². The first kappa shape index (κ1) is 35.5. The highest BCUT2D eigenvalue weighted by molar-refractivity contribution is 6.36. The first-order chi connectivity index (χ1) is 27.0. The number of fused-ring (bicyclic) bond motifs is 5. The van der Waals surface area contributed by atoms with Crippen LogP contribution in [-0.4, -0.2) is 38.6 Å². The van der Waals surface area contributed by atoms with Crippen molar-refractivity contribution in [2.24, 2.45) is 11.8 Å². The lowest BCUT2D eigenvalue weighted by atomic mass is 9.72. The molecule has 1 fully saturated rings. The normalized spacial score (nSPS) is 24.4. The predicted octanol–water partition coefficient (Wildman–Crippen LogP) is 8.66. The van der Waals surface area contributed by atoms with Gasteiger partial charge in [-0.1, -0.05) is 111 Å². The molecular formula is C44H40Cl2N4O6. The van der Waals surface area contributed by atoms with E-state index in [9.17, 15) is 14.7 Å². The number of hydrogen-bond acceptors (Lipinski definition) is 9. The van der Waals surface area contributed by atoms with Gasteiger partial charge in [0.15, 0.2) is 34.4 Å². The predicted molar refractivity (Wildman–Crippen MR) is 210 cm³/mol. The Morgan fingerprint density at radius 1 is 0.964 bits per heavy atom. The van der Waals surface area contributed by atoms with Crippen molar-refractivity contribution < 1.29 is 28.3 Å². The average molecular weight is 792 g/mol. The van der Waals surface area contributed by atoms with Crippen molar-refractivity contribution in [3.05, 3.63) is 122 Å². The molecule has 12 heteroatoms. The van der Waals surface area contributed by atoms with Gasteiger partial charge in [0.05, 0.1) is 0 Å². The summed E-state index contributed by atoms with van der Waals surface area (Å²) in [5, 5.41) is 18.9. The molecule has 5 aromatic rings. The van der Waals surface area contributed by atoms with E-state index in [1.165, 1.54) is 0 Å². The average Bonchev–Trinajstić information content (AvgIpc) is 3.99. The molecule has 286 valence electrons. The Morgan fingerprint density at radius 3 is 2.57 bits per heavy atom. The number of nitrogens with zero attached hydrogens (tertiary/aromatic N) is 2. The van der Waals surface area contributed by atoms with Crippen LogP contribution in [0.4, 0.5) is 5.69 Å².